The molecule has 190 valence electrons. The van der Waals surface area contributed by atoms with Crippen molar-refractivity contribution in [1.29, 1.82) is 0 Å². The first kappa shape index (κ1) is 26.2. The van der Waals surface area contributed by atoms with Gasteiger partial charge in [0.15, 0.2) is 0 Å². The number of hydrogen-bond donors (Lipinski definition) is 5. The molecular formula is C25H35N5O5. The fourth-order valence-corrected chi connectivity index (χ4v) is 4.49. The van der Waals surface area contributed by atoms with Crippen LogP contribution in [0.25, 0.3) is 10.9 Å². The third-order valence-corrected chi connectivity index (χ3v) is 6.34. The Balaban J connectivity index is 1.67. The lowest BCUT2D eigenvalue weighted by Crippen LogP contribution is -2.56. The second kappa shape index (κ2) is 11.4. The molecule has 2 heterocycles. The van der Waals surface area contributed by atoms with Crippen LogP contribution in [0.15, 0.2) is 30.5 Å². The number of aromatic amines is 1. The summed E-state index contributed by atoms with van der Waals surface area (Å²) < 4.78 is 0. The Morgan fingerprint density at radius 2 is 1.89 bits per heavy atom. The van der Waals surface area contributed by atoms with Crippen LogP contribution in [0.4, 0.5) is 0 Å². The van der Waals surface area contributed by atoms with Crippen molar-refractivity contribution in [3.05, 3.63) is 36.0 Å². The molecule has 2 aromatic rings. The zero-order valence-corrected chi connectivity index (χ0v) is 20.4. The van der Waals surface area contributed by atoms with Crippen LogP contribution in [0.2, 0.25) is 0 Å². The summed E-state index contributed by atoms with van der Waals surface area (Å²) in [5, 5.41) is 15.3. The standard InChI is InChI=1S/C25H35N5O5/c1-14(2)11-20(22(31)28-15(3)25(34)35)29-23(32)21-9-6-10-30(21)24(33)18(26)12-16-13-27-19-8-5-4-7-17(16)19/h4-5,7-8,13-15,18,20-21,27H,6,9-12,26H2,1-3H3,(H,28,31)(H,29,32)(H,34,35). The van der Waals surface area contributed by atoms with Crippen LogP contribution in [0.1, 0.15) is 45.6 Å². The number of likely N-dealkylation sites (tertiary alicyclic amines) is 1. The van der Waals surface area contributed by atoms with Crippen molar-refractivity contribution in [2.75, 3.05) is 6.54 Å². The van der Waals surface area contributed by atoms with E-state index in [1.807, 2.05) is 44.3 Å². The lowest BCUT2D eigenvalue weighted by molar-refractivity contribution is -0.142. The third kappa shape index (κ3) is 6.39. The SMILES string of the molecule is CC(C)CC(NC(=O)C1CCCN1C(=O)C(N)Cc1c[nH]c2ccccc12)C(=O)NC(C)C(=O)O. The van der Waals surface area contributed by atoms with Crippen LogP contribution in [0.5, 0.6) is 0 Å². The van der Waals surface area contributed by atoms with Gasteiger partial charge >= 0.3 is 5.97 Å². The molecule has 0 bridgehead atoms. The number of amides is 3. The van der Waals surface area contributed by atoms with E-state index >= 15 is 0 Å². The molecule has 35 heavy (non-hydrogen) atoms. The molecule has 6 N–H and O–H groups in total. The van der Waals surface area contributed by atoms with Crippen molar-refractivity contribution in [2.24, 2.45) is 11.7 Å². The average molecular weight is 486 g/mol. The van der Waals surface area contributed by atoms with E-state index < -0.39 is 42.0 Å². The quantitative estimate of drug-likeness (QED) is 0.340. The number of aliphatic carboxylic acids is 1. The van der Waals surface area contributed by atoms with Crippen LogP contribution in [-0.2, 0) is 25.6 Å². The maximum absolute atomic E-state index is 13.2. The Hall–Kier alpha value is -3.40. The molecule has 4 atom stereocenters. The molecule has 1 aromatic heterocycles. The number of carboxylic acids is 1. The number of H-pyrrole nitrogens is 1. The number of carbonyl (C=O) groups is 4. The van der Waals surface area contributed by atoms with Gasteiger partial charge in [-0.05, 0) is 50.2 Å². The molecule has 10 nitrogen and oxygen atoms in total. The number of nitrogens with zero attached hydrogens (tertiary/aromatic N) is 1. The minimum absolute atomic E-state index is 0.0806. The number of hydrogen-bond acceptors (Lipinski definition) is 5. The molecule has 3 amide bonds. The van der Waals surface area contributed by atoms with Gasteiger partial charge in [-0.3, -0.25) is 19.2 Å². The van der Waals surface area contributed by atoms with Crippen molar-refractivity contribution in [2.45, 2.75) is 70.6 Å². The van der Waals surface area contributed by atoms with Gasteiger partial charge in [-0.1, -0.05) is 32.0 Å². The fourth-order valence-electron chi connectivity index (χ4n) is 4.49. The summed E-state index contributed by atoms with van der Waals surface area (Å²) >= 11 is 0. The predicted molar refractivity (Wildman–Crippen MR) is 131 cm³/mol. The van der Waals surface area contributed by atoms with Crippen LogP contribution in [0.3, 0.4) is 0 Å². The molecule has 1 fully saturated rings. The van der Waals surface area contributed by atoms with Gasteiger partial charge in [-0.25, -0.2) is 0 Å². The Morgan fingerprint density at radius 3 is 2.57 bits per heavy atom. The van der Waals surface area contributed by atoms with E-state index in [2.05, 4.69) is 15.6 Å². The van der Waals surface area contributed by atoms with Crippen molar-refractivity contribution in [1.82, 2.24) is 20.5 Å². The molecule has 3 rings (SSSR count). The zero-order valence-electron chi connectivity index (χ0n) is 20.4. The van der Waals surface area contributed by atoms with Crippen LogP contribution >= 0.6 is 0 Å². The smallest absolute Gasteiger partial charge is 0.325 e. The Kier molecular flexibility index (Phi) is 8.50. The van der Waals surface area contributed by atoms with Crippen LogP contribution in [0, 0.1) is 5.92 Å². The molecule has 1 aliphatic rings. The summed E-state index contributed by atoms with van der Waals surface area (Å²) in [5.74, 6) is -2.38. The number of para-hydroxylation sites is 1. The fraction of sp³-hybridized carbons (Fsp3) is 0.520. The molecule has 4 unspecified atom stereocenters. The largest absolute Gasteiger partial charge is 0.480 e. The van der Waals surface area contributed by atoms with E-state index in [4.69, 9.17) is 10.8 Å². The van der Waals surface area contributed by atoms with E-state index in [0.717, 1.165) is 16.5 Å². The lowest BCUT2D eigenvalue weighted by Gasteiger charge is -2.29. The van der Waals surface area contributed by atoms with E-state index in [1.54, 1.807) is 0 Å². The Morgan fingerprint density at radius 1 is 1.17 bits per heavy atom. The molecule has 10 heteroatoms. The van der Waals surface area contributed by atoms with Crippen molar-refractivity contribution in [3.63, 3.8) is 0 Å². The highest BCUT2D eigenvalue weighted by atomic mass is 16.4. The number of carbonyl (C=O) groups excluding carboxylic acids is 3. The van der Waals surface area contributed by atoms with Crippen LogP contribution in [-0.4, -0.2) is 69.4 Å². The summed E-state index contributed by atoms with van der Waals surface area (Å²) in [6, 6.07) is 4.25. The minimum Gasteiger partial charge on any atom is -0.480 e. The average Bonchev–Trinajstić information content (AvgIpc) is 3.45. The first-order chi connectivity index (χ1) is 16.6. The minimum atomic E-state index is -1.16. The number of benzene rings is 1. The number of carboxylic acid groups (broad SMARTS) is 1. The Bertz CT molecular complexity index is 1080. The first-order valence-corrected chi connectivity index (χ1v) is 12.0. The lowest BCUT2D eigenvalue weighted by atomic mass is 10.0. The van der Waals surface area contributed by atoms with E-state index in [-0.39, 0.29) is 11.8 Å². The summed E-state index contributed by atoms with van der Waals surface area (Å²) in [5.41, 5.74) is 8.18. The van der Waals surface area contributed by atoms with Gasteiger partial charge < -0.3 is 31.4 Å². The molecular weight excluding hydrogens is 450 g/mol. The molecule has 0 radical (unpaired) electrons. The second-order valence-corrected chi connectivity index (χ2v) is 9.62. The molecule has 1 aliphatic heterocycles. The Labute approximate surface area is 204 Å². The number of nitrogens with one attached hydrogen (secondary N) is 3. The predicted octanol–water partition coefficient (Wildman–Crippen LogP) is 1.15. The molecule has 1 saturated heterocycles. The van der Waals surface area contributed by atoms with Crippen molar-refractivity contribution in [3.8, 4) is 0 Å². The highest BCUT2D eigenvalue weighted by Gasteiger charge is 2.38. The number of rotatable bonds is 10. The van der Waals surface area contributed by atoms with Gasteiger partial charge in [-0.2, -0.15) is 0 Å². The van der Waals surface area contributed by atoms with Gasteiger partial charge in [0.25, 0.3) is 0 Å². The summed E-state index contributed by atoms with van der Waals surface area (Å²) in [6.07, 6.45) is 3.64. The van der Waals surface area contributed by atoms with E-state index in [0.29, 0.717) is 32.2 Å². The molecule has 0 spiro atoms. The number of aromatic nitrogens is 1. The number of nitrogens with two attached hydrogens (primary N) is 1. The maximum atomic E-state index is 13.2. The van der Waals surface area contributed by atoms with Gasteiger partial charge in [-0.15, -0.1) is 0 Å². The summed E-state index contributed by atoms with van der Waals surface area (Å²) in [4.78, 5) is 54.8. The maximum Gasteiger partial charge on any atom is 0.325 e. The number of fused-ring (bicyclic) bond motifs is 1. The van der Waals surface area contributed by atoms with E-state index in [9.17, 15) is 19.2 Å². The van der Waals surface area contributed by atoms with E-state index in [1.165, 1.54) is 11.8 Å². The summed E-state index contributed by atoms with van der Waals surface area (Å²) in [7, 11) is 0. The van der Waals surface area contributed by atoms with Gasteiger partial charge in [0.2, 0.25) is 17.7 Å². The summed E-state index contributed by atoms with van der Waals surface area (Å²) in [6.45, 7) is 5.58. The van der Waals surface area contributed by atoms with Gasteiger partial charge in [0.1, 0.15) is 18.1 Å². The highest BCUT2D eigenvalue weighted by Crippen LogP contribution is 2.22. The third-order valence-electron chi connectivity index (χ3n) is 6.34. The highest BCUT2D eigenvalue weighted by molar-refractivity contribution is 5.94. The molecule has 0 saturated carbocycles. The molecule has 1 aromatic carbocycles. The monoisotopic (exact) mass is 485 g/mol. The van der Waals surface area contributed by atoms with Gasteiger partial charge in [0, 0.05) is 23.6 Å². The topological polar surface area (TPSA) is 158 Å². The van der Waals surface area contributed by atoms with Crippen molar-refractivity contribution >= 4 is 34.6 Å². The first-order valence-electron chi connectivity index (χ1n) is 12.0. The van der Waals surface area contributed by atoms with Crippen molar-refractivity contribution < 1.29 is 24.3 Å². The zero-order chi connectivity index (χ0) is 25.7. The molecule has 0 aliphatic carbocycles. The van der Waals surface area contributed by atoms with Crippen LogP contribution < -0.4 is 16.4 Å². The second-order valence-electron chi connectivity index (χ2n) is 9.62. The normalized spacial score (nSPS) is 18.3. The van der Waals surface area contributed by atoms with Gasteiger partial charge in [0.05, 0.1) is 6.04 Å².